The highest BCUT2D eigenvalue weighted by molar-refractivity contribution is 5.47. The van der Waals surface area contributed by atoms with E-state index < -0.39 is 6.10 Å². The van der Waals surface area contributed by atoms with Crippen molar-refractivity contribution >= 4 is 5.82 Å². The van der Waals surface area contributed by atoms with E-state index in [0.717, 1.165) is 25.7 Å². The standard InChI is InChI=1S/C10H14N4O/c11-5-7-6-13-14(10(7)12)8-3-1-2-4-9(8)15/h6,8-9,15H,1-4,12H2. The van der Waals surface area contributed by atoms with E-state index in [0.29, 0.717) is 11.4 Å². The van der Waals surface area contributed by atoms with Crippen molar-refractivity contribution in [2.75, 3.05) is 5.73 Å². The van der Waals surface area contributed by atoms with Crippen LogP contribution in [-0.2, 0) is 0 Å². The largest absolute Gasteiger partial charge is 0.391 e. The first-order valence-corrected chi connectivity index (χ1v) is 5.15. The van der Waals surface area contributed by atoms with Crippen LogP contribution < -0.4 is 5.73 Å². The van der Waals surface area contributed by atoms with Crippen LogP contribution in [-0.4, -0.2) is 21.0 Å². The Bertz CT molecular complexity index is 393. The molecule has 1 aliphatic carbocycles. The predicted molar refractivity (Wildman–Crippen MR) is 54.9 cm³/mol. The lowest BCUT2D eigenvalue weighted by Gasteiger charge is -2.28. The summed E-state index contributed by atoms with van der Waals surface area (Å²) in [6.45, 7) is 0. The number of nitriles is 1. The third-order valence-corrected chi connectivity index (χ3v) is 2.96. The molecule has 1 fully saturated rings. The van der Waals surface area contributed by atoms with Crippen molar-refractivity contribution in [3.8, 4) is 6.07 Å². The fourth-order valence-corrected chi connectivity index (χ4v) is 2.10. The van der Waals surface area contributed by atoms with Crippen molar-refractivity contribution < 1.29 is 5.11 Å². The quantitative estimate of drug-likeness (QED) is 0.711. The van der Waals surface area contributed by atoms with Crippen LogP contribution in [0.5, 0.6) is 0 Å². The first-order valence-electron chi connectivity index (χ1n) is 5.15. The Balaban J connectivity index is 2.28. The van der Waals surface area contributed by atoms with Gasteiger partial charge < -0.3 is 10.8 Å². The van der Waals surface area contributed by atoms with Gasteiger partial charge in [0, 0.05) is 0 Å². The maximum Gasteiger partial charge on any atom is 0.140 e. The second kappa shape index (κ2) is 3.91. The van der Waals surface area contributed by atoms with Crippen LogP contribution in [0, 0.1) is 11.3 Å². The number of rotatable bonds is 1. The van der Waals surface area contributed by atoms with Crippen LogP contribution in [0.25, 0.3) is 0 Å². The number of anilines is 1. The van der Waals surface area contributed by atoms with E-state index >= 15 is 0 Å². The summed E-state index contributed by atoms with van der Waals surface area (Å²) >= 11 is 0. The molecule has 0 amide bonds. The molecule has 0 saturated heterocycles. The Morgan fingerprint density at radius 2 is 2.27 bits per heavy atom. The maximum atomic E-state index is 9.83. The van der Waals surface area contributed by atoms with E-state index in [4.69, 9.17) is 11.0 Å². The number of aliphatic hydroxyl groups excluding tert-OH is 1. The molecule has 0 aromatic carbocycles. The third-order valence-electron chi connectivity index (χ3n) is 2.96. The molecule has 2 atom stereocenters. The van der Waals surface area contributed by atoms with Crippen LogP contribution in [0.15, 0.2) is 6.20 Å². The number of hydrogen-bond donors (Lipinski definition) is 2. The average molecular weight is 206 g/mol. The first-order chi connectivity index (χ1) is 7.24. The zero-order valence-corrected chi connectivity index (χ0v) is 8.43. The highest BCUT2D eigenvalue weighted by Gasteiger charge is 2.27. The van der Waals surface area contributed by atoms with Crippen LogP contribution >= 0.6 is 0 Å². The molecular weight excluding hydrogens is 192 g/mol. The zero-order valence-electron chi connectivity index (χ0n) is 8.43. The molecule has 1 aromatic rings. The SMILES string of the molecule is N#Cc1cnn(C2CCCCC2O)c1N. The molecule has 1 heterocycles. The van der Waals surface area contributed by atoms with E-state index in [1.165, 1.54) is 6.20 Å². The second-order valence-corrected chi connectivity index (χ2v) is 3.92. The van der Waals surface area contributed by atoms with Gasteiger partial charge >= 0.3 is 0 Å². The van der Waals surface area contributed by atoms with Gasteiger partial charge in [-0.3, -0.25) is 0 Å². The van der Waals surface area contributed by atoms with E-state index in [9.17, 15) is 5.11 Å². The first kappa shape index (κ1) is 9.99. The number of nitrogens with zero attached hydrogens (tertiary/aromatic N) is 3. The molecule has 1 aliphatic rings. The van der Waals surface area contributed by atoms with Gasteiger partial charge in [-0.15, -0.1) is 0 Å². The van der Waals surface area contributed by atoms with Gasteiger partial charge in [0.2, 0.25) is 0 Å². The topological polar surface area (TPSA) is 87.9 Å². The van der Waals surface area contributed by atoms with Crippen LogP contribution in [0.4, 0.5) is 5.82 Å². The van der Waals surface area contributed by atoms with Gasteiger partial charge in [0.25, 0.3) is 0 Å². The Hall–Kier alpha value is -1.54. The smallest absolute Gasteiger partial charge is 0.140 e. The van der Waals surface area contributed by atoms with E-state index in [1.807, 2.05) is 6.07 Å². The summed E-state index contributed by atoms with van der Waals surface area (Å²) in [7, 11) is 0. The highest BCUT2D eigenvalue weighted by atomic mass is 16.3. The van der Waals surface area contributed by atoms with E-state index in [2.05, 4.69) is 5.10 Å². The van der Waals surface area contributed by atoms with Gasteiger partial charge in [0.05, 0.1) is 18.3 Å². The minimum Gasteiger partial charge on any atom is -0.391 e. The lowest BCUT2D eigenvalue weighted by Crippen LogP contribution is -2.29. The average Bonchev–Trinajstić information content (AvgIpc) is 2.60. The summed E-state index contributed by atoms with van der Waals surface area (Å²) in [4.78, 5) is 0. The molecule has 0 aliphatic heterocycles. The Kier molecular flexibility index (Phi) is 2.60. The molecule has 0 radical (unpaired) electrons. The summed E-state index contributed by atoms with van der Waals surface area (Å²) < 4.78 is 1.59. The van der Waals surface area contributed by atoms with E-state index in [1.54, 1.807) is 4.68 Å². The molecule has 1 aromatic heterocycles. The van der Waals surface area contributed by atoms with Crippen LogP contribution in [0.1, 0.15) is 37.3 Å². The van der Waals surface area contributed by atoms with Crippen LogP contribution in [0.3, 0.4) is 0 Å². The molecule has 3 N–H and O–H groups in total. The second-order valence-electron chi connectivity index (χ2n) is 3.92. The zero-order chi connectivity index (χ0) is 10.8. The van der Waals surface area contributed by atoms with Crippen molar-refractivity contribution in [3.63, 3.8) is 0 Å². The van der Waals surface area contributed by atoms with Crippen molar-refractivity contribution in [1.29, 1.82) is 5.26 Å². The van der Waals surface area contributed by atoms with Gasteiger partial charge in [-0.1, -0.05) is 12.8 Å². The molecule has 0 bridgehead atoms. The number of hydrogen-bond acceptors (Lipinski definition) is 4. The van der Waals surface area contributed by atoms with Gasteiger partial charge in [-0.25, -0.2) is 4.68 Å². The summed E-state index contributed by atoms with van der Waals surface area (Å²) in [6, 6.07) is 1.91. The van der Waals surface area contributed by atoms with Crippen molar-refractivity contribution in [2.24, 2.45) is 0 Å². The summed E-state index contributed by atoms with van der Waals surface area (Å²) in [5.74, 6) is 0.364. The minimum absolute atomic E-state index is 0.0687. The lowest BCUT2D eigenvalue weighted by atomic mass is 9.93. The summed E-state index contributed by atoms with van der Waals surface area (Å²) in [6.07, 6.45) is 4.83. The molecule has 1 saturated carbocycles. The number of aliphatic hydroxyl groups is 1. The van der Waals surface area contributed by atoms with Crippen molar-refractivity contribution in [2.45, 2.75) is 37.8 Å². The van der Waals surface area contributed by atoms with Gasteiger partial charge in [0.15, 0.2) is 0 Å². The molecule has 2 rings (SSSR count). The number of aromatic nitrogens is 2. The Morgan fingerprint density at radius 1 is 1.53 bits per heavy atom. The Morgan fingerprint density at radius 3 is 2.87 bits per heavy atom. The molecule has 80 valence electrons. The van der Waals surface area contributed by atoms with Gasteiger partial charge in [-0.2, -0.15) is 10.4 Å². The normalized spacial score (nSPS) is 26.1. The summed E-state index contributed by atoms with van der Waals surface area (Å²) in [5.41, 5.74) is 6.16. The number of nitrogen functional groups attached to an aromatic ring is 1. The molecule has 5 nitrogen and oxygen atoms in total. The van der Waals surface area contributed by atoms with Crippen molar-refractivity contribution in [1.82, 2.24) is 9.78 Å². The molecule has 0 spiro atoms. The monoisotopic (exact) mass is 206 g/mol. The highest BCUT2D eigenvalue weighted by Crippen LogP contribution is 2.30. The molecule has 15 heavy (non-hydrogen) atoms. The Labute approximate surface area is 88.1 Å². The maximum absolute atomic E-state index is 9.83. The predicted octanol–water partition coefficient (Wildman–Crippen LogP) is 0.813. The van der Waals surface area contributed by atoms with Gasteiger partial charge in [0.1, 0.15) is 17.5 Å². The molecular formula is C10H14N4O. The van der Waals surface area contributed by atoms with Crippen molar-refractivity contribution in [3.05, 3.63) is 11.8 Å². The fraction of sp³-hybridized carbons (Fsp3) is 0.600. The third kappa shape index (κ3) is 1.68. The molecule has 5 heteroatoms. The minimum atomic E-state index is -0.396. The summed E-state index contributed by atoms with van der Waals surface area (Å²) in [5, 5.41) is 22.6. The van der Waals surface area contributed by atoms with Crippen LogP contribution in [0.2, 0.25) is 0 Å². The number of nitrogens with two attached hydrogens (primary N) is 1. The van der Waals surface area contributed by atoms with E-state index in [-0.39, 0.29) is 6.04 Å². The molecule has 2 unspecified atom stereocenters. The fourth-order valence-electron chi connectivity index (χ4n) is 2.10. The van der Waals surface area contributed by atoms with Gasteiger partial charge in [-0.05, 0) is 12.8 Å². The lowest BCUT2D eigenvalue weighted by molar-refractivity contribution is 0.0705.